The van der Waals surface area contributed by atoms with Crippen molar-refractivity contribution in [3.63, 3.8) is 0 Å². The van der Waals surface area contributed by atoms with Gasteiger partial charge in [-0.3, -0.25) is 14.4 Å². The SMILES string of the molecule is COc1ccc(NC(=O)Cn2cc(C(=O)c3ccc(C)c(C)c3)c(=O)c3cc(F)ccc32)cc1OC. The Balaban J connectivity index is 1.73. The Bertz CT molecular complexity index is 1560. The highest BCUT2D eigenvalue weighted by Crippen LogP contribution is 2.29. The number of nitrogens with zero attached hydrogens (tertiary/aromatic N) is 1. The first-order chi connectivity index (χ1) is 17.2. The van der Waals surface area contributed by atoms with Gasteiger partial charge >= 0.3 is 0 Å². The van der Waals surface area contributed by atoms with Crippen LogP contribution in [0.5, 0.6) is 11.5 Å². The van der Waals surface area contributed by atoms with Crippen LogP contribution in [0.1, 0.15) is 27.0 Å². The Morgan fingerprint density at radius 2 is 1.67 bits per heavy atom. The summed E-state index contributed by atoms with van der Waals surface area (Å²) in [5.41, 5.74) is 2.33. The number of amides is 1. The maximum absolute atomic E-state index is 14.1. The first-order valence-electron chi connectivity index (χ1n) is 11.2. The zero-order chi connectivity index (χ0) is 26.0. The van der Waals surface area contributed by atoms with Crippen LogP contribution in [0, 0.1) is 19.7 Å². The highest BCUT2D eigenvalue weighted by atomic mass is 19.1. The summed E-state index contributed by atoms with van der Waals surface area (Å²) in [4.78, 5) is 39.4. The molecule has 1 N–H and O–H groups in total. The van der Waals surface area contributed by atoms with Crippen LogP contribution in [0.2, 0.25) is 0 Å². The molecule has 8 heteroatoms. The van der Waals surface area contributed by atoms with Gasteiger partial charge in [0.25, 0.3) is 0 Å². The quantitative estimate of drug-likeness (QED) is 0.383. The van der Waals surface area contributed by atoms with Gasteiger partial charge in [-0.2, -0.15) is 0 Å². The van der Waals surface area contributed by atoms with E-state index in [4.69, 9.17) is 9.47 Å². The molecule has 0 atom stereocenters. The highest BCUT2D eigenvalue weighted by Gasteiger charge is 2.19. The summed E-state index contributed by atoms with van der Waals surface area (Å²) in [7, 11) is 3.00. The van der Waals surface area contributed by atoms with Crippen molar-refractivity contribution >= 4 is 28.3 Å². The van der Waals surface area contributed by atoms with Crippen molar-refractivity contribution in [2.24, 2.45) is 0 Å². The van der Waals surface area contributed by atoms with Gasteiger partial charge in [0.1, 0.15) is 12.4 Å². The van der Waals surface area contributed by atoms with Crippen LogP contribution in [-0.2, 0) is 11.3 Å². The molecule has 7 nitrogen and oxygen atoms in total. The number of fused-ring (bicyclic) bond motifs is 1. The van der Waals surface area contributed by atoms with E-state index < -0.39 is 22.9 Å². The minimum atomic E-state index is -0.614. The van der Waals surface area contributed by atoms with Crippen molar-refractivity contribution in [3.05, 3.63) is 99.1 Å². The molecular formula is C28H25FN2O5. The Morgan fingerprint density at radius 3 is 2.36 bits per heavy atom. The third kappa shape index (κ3) is 4.84. The number of carbonyl (C=O) groups is 2. The largest absolute Gasteiger partial charge is 0.493 e. The average Bonchev–Trinajstić information content (AvgIpc) is 2.86. The topological polar surface area (TPSA) is 86.6 Å². The van der Waals surface area contributed by atoms with Gasteiger partial charge in [-0.15, -0.1) is 0 Å². The lowest BCUT2D eigenvalue weighted by molar-refractivity contribution is -0.116. The van der Waals surface area contributed by atoms with E-state index in [2.05, 4.69) is 5.32 Å². The van der Waals surface area contributed by atoms with Crippen molar-refractivity contribution in [3.8, 4) is 11.5 Å². The third-order valence-electron chi connectivity index (χ3n) is 6.04. The number of aromatic nitrogens is 1. The van der Waals surface area contributed by atoms with Crippen LogP contribution in [0.25, 0.3) is 10.9 Å². The summed E-state index contributed by atoms with van der Waals surface area (Å²) >= 11 is 0. The monoisotopic (exact) mass is 488 g/mol. The van der Waals surface area contributed by atoms with Gasteiger partial charge in [0, 0.05) is 28.9 Å². The molecule has 0 spiro atoms. The van der Waals surface area contributed by atoms with Crippen LogP contribution in [0.4, 0.5) is 10.1 Å². The molecule has 0 aliphatic heterocycles. The van der Waals surface area contributed by atoms with Crippen molar-refractivity contribution in [2.45, 2.75) is 20.4 Å². The van der Waals surface area contributed by atoms with Gasteiger partial charge in [-0.25, -0.2) is 4.39 Å². The fraction of sp³-hybridized carbons (Fsp3) is 0.179. The predicted molar refractivity (Wildman–Crippen MR) is 136 cm³/mol. The van der Waals surface area contributed by atoms with E-state index in [9.17, 15) is 18.8 Å². The summed E-state index contributed by atoms with van der Waals surface area (Å²) < 4.78 is 26.0. The minimum absolute atomic E-state index is 0.0172. The predicted octanol–water partition coefficient (Wildman–Crippen LogP) is 4.64. The third-order valence-corrected chi connectivity index (χ3v) is 6.04. The lowest BCUT2D eigenvalue weighted by atomic mass is 9.99. The number of anilines is 1. The summed E-state index contributed by atoms with van der Waals surface area (Å²) in [5, 5.41) is 2.79. The second-order valence-electron chi connectivity index (χ2n) is 8.41. The molecule has 36 heavy (non-hydrogen) atoms. The number of halogens is 1. The fourth-order valence-electron chi connectivity index (χ4n) is 3.97. The molecular weight excluding hydrogens is 463 g/mol. The van der Waals surface area contributed by atoms with E-state index in [-0.39, 0.29) is 17.5 Å². The maximum Gasteiger partial charge on any atom is 0.244 e. The molecule has 1 amide bonds. The highest BCUT2D eigenvalue weighted by molar-refractivity contribution is 6.10. The number of hydrogen-bond acceptors (Lipinski definition) is 5. The van der Waals surface area contributed by atoms with Gasteiger partial charge in [0.05, 0.1) is 25.3 Å². The maximum atomic E-state index is 14.1. The molecule has 1 heterocycles. The Labute approximate surface area is 207 Å². The molecule has 0 bridgehead atoms. The molecule has 0 unspecified atom stereocenters. The number of benzene rings is 3. The molecule has 4 rings (SSSR count). The van der Waals surface area contributed by atoms with Gasteiger partial charge in [-0.05, 0) is 61.4 Å². The minimum Gasteiger partial charge on any atom is -0.493 e. The molecule has 0 saturated carbocycles. The Morgan fingerprint density at radius 1 is 0.917 bits per heavy atom. The Kier molecular flexibility index (Phi) is 6.87. The van der Waals surface area contributed by atoms with E-state index in [1.165, 1.54) is 37.1 Å². The summed E-state index contributed by atoms with van der Waals surface area (Å²) in [6.07, 6.45) is 1.36. The number of ether oxygens (including phenoxy) is 2. The smallest absolute Gasteiger partial charge is 0.244 e. The van der Waals surface area contributed by atoms with Gasteiger partial charge in [0.15, 0.2) is 17.3 Å². The van der Waals surface area contributed by atoms with E-state index >= 15 is 0 Å². The van der Waals surface area contributed by atoms with Crippen molar-refractivity contribution in [1.82, 2.24) is 4.57 Å². The van der Waals surface area contributed by atoms with Crippen LogP contribution in [0.15, 0.2) is 65.6 Å². The van der Waals surface area contributed by atoms with Crippen molar-refractivity contribution in [1.29, 1.82) is 0 Å². The zero-order valence-corrected chi connectivity index (χ0v) is 20.3. The van der Waals surface area contributed by atoms with E-state index in [0.29, 0.717) is 28.3 Å². The first-order valence-corrected chi connectivity index (χ1v) is 11.2. The van der Waals surface area contributed by atoms with Crippen LogP contribution >= 0.6 is 0 Å². The molecule has 1 aromatic heterocycles. The lowest BCUT2D eigenvalue weighted by Crippen LogP contribution is -2.24. The Hall–Kier alpha value is -4.46. The number of methoxy groups -OCH3 is 2. The summed E-state index contributed by atoms with van der Waals surface area (Å²) in [6, 6.07) is 13.8. The number of nitrogens with one attached hydrogen (secondary N) is 1. The lowest BCUT2D eigenvalue weighted by Gasteiger charge is -2.15. The van der Waals surface area contributed by atoms with Crippen molar-refractivity contribution in [2.75, 3.05) is 19.5 Å². The van der Waals surface area contributed by atoms with Crippen molar-refractivity contribution < 1.29 is 23.5 Å². The normalized spacial score (nSPS) is 10.8. The molecule has 0 aliphatic carbocycles. The summed E-state index contributed by atoms with van der Waals surface area (Å²) in [6.45, 7) is 3.58. The second kappa shape index (κ2) is 10.0. The number of pyridine rings is 1. The van der Waals surface area contributed by atoms with Gasteiger partial charge in [-0.1, -0.05) is 12.1 Å². The van der Waals surface area contributed by atoms with Crippen LogP contribution in [0.3, 0.4) is 0 Å². The molecule has 0 radical (unpaired) electrons. The van der Waals surface area contributed by atoms with E-state index in [1.54, 1.807) is 36.4 Å². The summed E-state index contributed by atoms with van der Waals surface area (Å²) in [5.74, 6) is -0.569. The molecule has 0 aliphatic rings. The number of ketones is 1. The first kappa shape index (κ1) is 24.7. The number of hydrogen-bond donors (Lipinski definition) is 1. The van der Waals surface area contributed by atoms with E-state index in [0.717, 1.165) is 17.2 Å². The van der Waals surface area contributed by atoms with E-state index in [1.807, 2.05) is 13.8 Å². The average molecular weight is 489 g/mol. The fourth-order valence-corrected chi connectivity index (χ4v) is 3.97. The molecule has 0 saturated heterocycles. The van der Waals surface area contributed by atoms with Crippen LogP contribution in [-0.4, -0.2) is 30.5 Å². The van der Waals surface area contributed by atoms with Crippen LogP contribution < -0.4 is 20.2 Å². The molecule has 3 aromatic carbocycles. The molecule has 4 aromatic rings. The number of carbonyl (C=O) groups excluding carboxylic acids is 2. The number of aryl methyl sites for hydroxylation is 2. The molecule has 0 fully saturated rings. The standard InChI is InChI=1S/C28H25FN2O5/c1-16-5-6-18(11-17(16)2)27(33)22-14-31(23-9-7-19(29)12-21(23)28(22)34)15-26(32)30-20-8-10-24(35-3)25(13-20)36-4/h5-14H,15H2,1-4H3,(H,30,32). The molecule has 184 valence electrons. The number of rotatable bonds is 7. The van der Waals surface area contributed by atoms with Gasteiger partial charge in [0.2, 0.25) is 11.3 Å². The zero-order valence-electron chi connectivity index (χ0n) is 20.3. The second-order valence-corrected chi connectivity index (χ2v) is 8.41. The van der Waals surface area contributed by atoms with Gasteiger partial charge < -0.3 is 19.4 Å².